The Morgan fingerprint density at radius 3 is 2.09 bits per heavy atom. The normalized spacial score (nSPS) is 13.5. The third kappa shape index (κ3) is 7.86. The Labute approximate surface area is 273 Å². The number of rotatable bonds is 11. The van der Waals surface area contributed by atoms with Crippen LogP contribution >= 0.6 is 0 Å². The van der Waals surface area contributed by atoms with E-state index >= 15 is 0 Å². The number of nitrogens with zero attached hydrogens (tertiary/aromatic N) is 2. The molecule has 236 valence electrons. The van der Waals surface area contributed by atoms with Crippen LogP contribution in [0.5, 0.6) is 0 Å². The minimum atomic E-state index is -4.50. The third-order valence-electron chi connectivity index (χ3n) is 7.93. The Kier molecular flexibility index (Phi) is 10.6. The van der Waals surface area contributed by atoms with Crippen LogP contribution in [0.25, 0.3) is 5.57 Å². The predicted octanol–water partition coefficient (Wildman–Crippen LogP) is 7.14. The van der Waals surface area contributed by atoms with Crippen molar-refractivity contribution in [2.24, 2.45) is 0 Å². The highest BCUT2D eigenvalue weighted by molar-refractivity contribution is 7.86. The molecular formula is C37H37N2O5S2+. The van der Waals surface area contributed by atoms with Crippen molar-refractivity contribution in [3.63, 3.8) is 0 Å². The summed E-state index contributed by atoms with van der Waals surface area (Å²) < 4.78 is 58.4. The zero-order valence-corrected chi connectivity index (χ0v) is 27.4. The molecule has 1 aliphatic carbocycles. The van der Waals surface area contributed by atoms with Crippen LogP contribution in [0.3, 0.4) is 0 Å². The van der Waals surface area contributed by atoms with Gasteiger partial charge in [-0.15, -0.1) is 0 Å². The molecule has 4 aromatic carbocycles. The first-order chi connectivity index (χ1) is 22.2. The Morgan fingerprint density at radius 1 is 0.804 bits per heavy atom. The van der Waals surface area contributed by atoms with Crippen molar-refractivity contribution >= 4 is 38.2 Å². The maximum absolute atomic E-state index is 12.5. The lowest BCUT2D eigenvalue weighted by molar-refractivity contribution is -0.539. The van der Waals surface area contributed by atoms with Gasteiger partial charge in [-0.25, -0.2) is 8.78 Å². The molecule has 2 N–H and O–H groups in total. The van der Waals surface area contributed by atoms with Crippen LogP contribution < -0.4 is 4.90 Å². The molecule has 1 aliphatic rings. The fourth-order valence-electron chi connectivity index (χ4n) is 5.60. The van der Waals surface area contributed by atoms with E-state index in [-0.39, 0.29) is 4.90 Å². The highest BCUT2D eigenvalue weighted by atomic mass is 32.2. The van der Waals surface area contributed by atoms with Crippen LogP contribution in [-0.2, 0) is 34.3 Å². The van der Waals surface area contributed by atoms with Crippen molar-refractivity contribution < 1.29 is 26.3 Å². The van der Waals surface area contributed by atoms with Gasteiger partial charge in [0.2, 0.25) is 0 Å². The van der Waals surface area contributed by atoms with E-state index in [0.29, 0.717) is 29.1 Å². The molecule has 0 fully saturated rings. The Bertz CT molecular complexity index is 1940. The number of allylic oxidation sites excluding steroid dienone is 5. The van der Waals surface area contributed by atoms with Gasteiger partial charge in [0.1, 0.15) is 11.4 Å². The summed E-state index contributed by atoms with van der Waals surface area (Å²) in [6, 6.07) is 31.9. The molecule has 0 saturated heterocycles. The topological polar surface area (TPSA) is 97.9 Å². The second kappa shape index (κ2) is 14.8. The van der Waals surface area contributed by atoms with Crippen molar-refractivity contribution in [3.05, 3.63) is 155 Å². The molecule has 0 radical (unpaired) electrons. The van der Waals surface area contributed by atoms with Gasteiger partial charge < -0.3 is 9.45 Å². The van der Waals surface area contributed by atoms with E-state index < -0.39 is 21.2 Å². The van der Waals surface area contributed by atoms with Gasteiger partial charge in [-0.2, -0.15) is 8.42 Å². The highest BCUT2D eigenvalue weighted by Crippen LogP contribution is 2.34. The van der Waals surface area contributed by atoms with Gasteiger partial charge in [0, 0.05) is 42.1 Å². The number of hydrogen-bond acceptors (Lipinski definition) is 4. The van der Waals surface area contributed by atoms with E-state index in [1.54, 1.807) is 36.4 Å². The third-order valence-corrected chi connectivity index (χ3v) is 9.50. The van der Waals surface area contributed by atoms with E-state index in [2.05, 4.69) is 28.5 Å². The smallest absolute Gasteiger partial charge is 0.295 e. The summed E-state index contributed by atoms with van der Waals surface area (Å²) in [4.78, 5) is 2.47. The molecule has 0 saturated carbocycles. The average molecular weight is 654 g/mol. The largest absolute Gasteiger partial charge is 0.367 e. The Hall–Kier alpha value is -4.41. The molecule has 5 rings (SSSR count). The highest BCUT2D eigenvalue weighted by Gasteiger charge is 2.22. The summed E-state index contributed by atoms with van der Waals surface area (Å²) in [5.41, 5.74) is 6.79. The predicted molar refractivity (Wildman–Crippen MR) is 185 cm³/mol. The summed E-state index contributed by atoms with van der Waals surface area (Å²) in [5.74, 6) is 0. The van der Waals surface area contributed by atoms with E-state index in [4.69, 9.17) is 0 Å². The van der Waals surface area contributed by atoms with Crippen LogP contribution in [0, 0.1) is 0 Å². The first-order valence-electron chi connectivity index (χ1n) is 15.1. The van der Waals surface area contributed by atoms with Crippen LogP contribution in [0.2, 0.25) is 0 Å². The quantitative estimate of drug-likeness (QED) is 0.101. The zero-order chi connectivity index (χ0) is 32.7. The molecule has 7 nitrogen and oxygen atoms in total. The van der Waals surface area contributed by atoms with Gasteiger partial charge >= 0.3 is 0 Å². The Balaban J connectivity index is 1.55. The maximum atomic E-state index is 12.5. The molecule has 0 aliphatic heterocycles. The van der Waals surface area contributed by atoms with Crippen LogP contribution in [0.15, 0.2) is 143 Å². The average Bonchev–Trinajstić information content (AvgIpc) is 3.07. The fraction of sp³-hybridized carbons (Fsp3) is 0.162. The summed E-state index contributed by atoms with van der Waals surface area (Å²) >= 11 is -2.05. The number of benzene rings is 4. The first kappa shape index (κ1) is 33.0. The molecule has 1 atom stereocenters. The molecule has 0 spiro atoms. The van der Waals surface area contributed by atoms with Gasteiger partial charge in [0.15, 0.2) is 23.3 Å². The number of anilines is 1. The number of hydrogen-bond donors (Lipinski definition) is 2. The van der Waals surface area contributed by atoms with Crippen molar-refractivity contribution in [3.8, 4) is 0 Å². The van der Waals surface area contributed by atoms with Gasteiger partial charge in [-0.3, -0.25) is 4.55 Å². The second-order valence-electron chi connectivity index (χ2n) is 10.9. The van der Waals surface area contributed by atoms with E-state index in [1.807, 2.05) is 79.8 Å². The lowest BCUT2D eigenvalue weighted by Crippen LogP contribution is -2.21. The monoisotopic (exact) mass is 653 g/mol. The van der Waals surface area contributed by atoms with E-state index in [0.717, 1.165) is 41.2 Å². The van der Waals surface area contributed by atoms with Crippen LogP contribution in [0.1, 0.15) is 36.1 Å². The molecule has 4 aromatic rings. The standard InChI is InChI=1S/C37H36N2O5S2/c1-3-38(26-28-11-6-5-7-12-28)32-21-17-30(18-22-32)37(35-15-8-9-16-36(35)46(42,43)44)31-19-23-33(24-20-31)39(4-2)27-29-13-10-14-34(25-29)45(40)41/h5-25H,3-4,26-27H2,1-2H3,(H-,40,41,42,43,44)/p+1. The van der Waals surface area contributed by atoms with Gasteiger partial charge in [0.05, 0.1) is 4.90 Å². The molecule has 0 aromatic heterocycles. The lowest BCUT2D eigenvalue weighted by atomic mass is 9.90. The van der Waals surface area contributed by atoms with Gasteiger partial charge in [0.25, 0.3) is 10.1 Å². The molecule has 0 amide bonds. The SMILES string of the molecule is CCN(Cc1ccccc1)c1ccc(C(=C2C=CC(=[N+](CC)Cc3cccc(S(=O)O)c3)C=C2)c2ccccc2S(=O)(=O)O)cc1. The lowest BCUT2D eigenvalue weighted by Gasteiger charge is -2.24. The molecule has 9 heteroatoms. The van der Waals surface area contributed by atoms with Crippen LogP contribution in [0.4, 0.5) is 5.69 Å². The summed E-state index contributed by atoms with van der Waals surface area (Å²) in [5, 5.41) is 0. The van der Waals surface area contributed by atoms with Crippen molar-refractivity contribution in [1.29, 1.82) is 0 Å². The van der Waals surface area contributed by atoms with Crippen molar-refractivity contribution in [2.75, 3.05) is 18.0 Å². The molecule has 0 heterocycles. The van der Waals surface area contributed by atoms with E-state index in [1.165, 1.54) is 11.6 Å². The second-order valence-corrected chi connectivity index (χ2v) is 13.2. The van der Waals surface area contributed by atoms with Crippen molar-refractivity contribution in [1.82, 2.24) is 0 Å². The van der Waals surface area contributed by atoms with Gasteiger partial charge in [-0.1, -0.05) is 72.8 Å². The minimum absolute atomic E-state index is 0.159. The first-order valence-corrected chi connectivity index (χ1v) is 17.6. The maximum Gasteiger partial charge on any atom is 0.295 e. The van der Waals surface area contributed by atoms with Crippen molar-refractivity contribution in [2.45, 2.75) is 36.7 Å². The summed E-state index contributed by atoms with van der Waals surface area (Å²) in [6.45, 7) is 6.97. The minimum Gasteiger partial charge on any atom is -0.367 e. The van der Waals surface area contributed by atoms with E-state index in [9.17, 15) is 21.7 Å². The molecule has 46 heavy (non-hydrogen) atoms. The zero-order valence-electron chi connectivity index (χ0n) is 25.8. The van der Waals surface area contributed by atoms with Crippen LogP contribution in [-0.4, -0.2) is 45.1 Å². The summed E-state index contributed by atoms with van der Waals surface area (Å²) in [7, 11) is -4.50. The molecule has 0 bridgehead atoms. The fourth-order valence-corrected chi connectivity index (χ4v) is 6.75. The molecule has 1 unspecified atom stereocenters. The summed E-state index contributed by atoms with van der Waals surface area (Å²) in [6.07, 6.45) is 7.87. The van der Waals surface area contributed by atoms with Gasteiger partial charge in [-0.05, 0) is 78.6 Å². The molecular weight excluding hydrogens is 617 g/mol. The Morgan fingerprint density at radius 2 is 1.46 bits per heavy atom.